The molecule has 0 saturated carbocycles. The quantitative estimate of drug-likeness (QED) is 0.194. The van der Waals surface area contributed by atoms with Gasteiger partial charge in [-0.05, 0) is 43.7 Å². The zero-order valence-electron chi connectivity index (χ0n) is 21.4. The second kappa shape index (κ2) is 10.9. The lowest BCUT2D eigenvalue weighted by Gasteiger charge is -2.24. The maximum absolute atomic E-state index is 13.4. The second-order valence-electron chi connectivity index (χ2n) is 8.15. The summed E-state index contributed by atoms with van der Waals surface area (Å²) in [6, 6.07) is 10.4. The summed E-state index contributed by atoms with van der Waals surface area (Å²) in [5, 5.41) is 11.5. The van der Waals surface area contributed by atoms with Gasteiger partial charge in [-0.25, -0.2) is 9.78 Å². The zero-order valence-corrected chi connectivity index (χ0v) is 22.3. The first-order valence-corrected chi connectivity index (χ1v) is 12.4. The number of aryl methyl sites for hydroxylation is 1. The Morgan fingerprint density at radius 3 is 2.50 bits per heavy atom. The number of aliphatic hydroxyl groups is 1. The van der Waals surface area contributed by atoms with Crippen LogP contribution in [0.3, 0.4) is 0 Å². The van der Waals surface area contributed by atoms with Gasteiger partial charge in [0, 0.05) is 5.56 Å². The van der Waals surface area contributed by atoms with Gasteiger partial charge in [0.1, 0.15) is 16.4 Å². The normalized spacial score (nSPS) is 16.4. The summed E-state index contributed by atoms with van der Waals surface area (Å²) < 4.78 is 21.2. The molecule has 2 aromatic carbocycles. The number of anilines is 1. The van der Waals surface area contributed by atoms with Crippen LogP contribution < -0.4 is 19.1 Å². The Bertz CT molecular complexity index is 1440. The first-order valence-electron chi connectivity index (χ1n) is 11.6. The fourth-order valence-corrected chi connectivity index (χ4v) is 5.18. The first-order chi connectivity index (χ1) is 18.2. The first kappa shape index (κ1) is 26.7. The van der Waals surface area contributed by atoms with Crippen molar-refractivity contribution in [3.8, 4) is 17.2 Å². The monoisotopic (exact) mass is 538 g/mol. The van der Waals surface area contributed by atoms with Crippen molar-refractivity contribution in [3.05, 3.63) is 69.7 Å². The van der Waals surface area contributed by atoms with Crippen LogP contribution in [0.2, 0.25) is 0 Å². The SMILES string of the molecule is CCOc1ccc(C2/C(=C(\O)c3cccc(OC)c3)C(=O)C(=O)N2c2nc(C)c(C(=O)OC)s2)cc1OC. The largest absolute Gasteiger partial charge is 0.507 e. The second-order valence-corrected chi connectivity index (χ2v) is 9.12. The van der Waals surface area contributed by atoms with Crippen LogP contribution in [0.25, 0.3) is 5.76 Å². The number of hydrogen-bond acceptors (Lipinski definition) is 10. The summed E-state index contributed by atoms with van der Waals surface area (Å²) in [6.07, 6.45) is 0. The van der Waals surface area contributed by atoms with Gasteiger partial charge >= 0.3 is 11.9 Å². The highest BCUT2D eigenvalue weighted by Gasteiger charge is 2.48. The van der Waals surface area contributed by atoms with Crippen LogP contribution in [0.15, 0.2) is 48.0 Å². The number of Topliss-reactive ketones (excluding diaryl/α,β-unsaturated/α-hetero) is 1. The van der Waals surface area contributed by atoms with Crippen molar-refractivity contribution in [1.29, 1.82) is 0 Å². The molecule has 4 rings (SSSR count). The minimum Gasteiger partial charge on any atom is -0.507 e. The Morgan fingerprint density at radius 2 is 1.84 bits per heavy atom. The van der Waals surface area contributed by atoms with E-state index in [-0.39, 0.29) is 26.9 Å². The van der Waals surface area contributed by atoms with Crippen molar-refractivity contribution in [2.75, 3.05) is 32.8 Å². The third kappa shape index (κ3) is 4.68. The van der Waals surface area contributed by atoms with Crippen molar-refractivity contribution in [2.24, 2.45) is 0 Å². The minimum absolute atomic E-state index is 0.104. The molecule has 1 unspecified atom stereocenters. The molecule has 38 heavy (non-hydrogen) atoms. The van der Waals surface area contributed by atoms with Crippen LogP contribution in [-0.2, 0) is 14.3 Å². The Labute approximate surface area is 223 Å². The van der Waals surface area contributed by atoms with Crippen molar-refractivity contribution < 1.29 is 38.4 Å². The molecular weight excluding hydrogens is 512 g/mol. The van der Waals surface area contributed by atoms with E-state index in [4.69, 9.17) is 18.9 Å². The molecule has 0 radical (unpaired) electrons. The van der Waals surface area contributed by atoms with E-state index in [0.717, 1.165) is 11.3 Å². The molecule has 1 saturated heterocycles. The van der Waals surface area contributed by atoms with Crippen LogP contribution in [0.1, 0.15) is 39.5 Å². The standard InChI is InChI=1S/C27H26N2O8S/c1-6-37-18-11-10-15(13-19(18)35-4)21-20(22(30)16-8-7-9-17(12-16)34-3)23(31)25(32)29(21)27-28-14(2)24(38-27)26(33)36-5/h7-13,21,30H,6H2,1-5H3/b22-20+. The van der Waals surface area contributed by atoms with E-state index in [1.165, 1.54) is 26.2 Å². The molecule has 10 nitrogen and oxygen atoms in total. The average Bonchev–Trinajstić information content (AvgIpc) is 3.44. The number of amides is 1. The van der Waals surface area contributed by atoms with Crippen LogP contribution in [0.4, 0.5) is 5.13 Å². The molecule has 198 valence electrons. The molecular formula is C27H26N2O8S. The van der Waals surface area contributed by atoms with Crippen molar-refractivity contribution in [1.82, 2.24) is 4.98 Å². The third-order valence-corrected chi connectivity index (χ3v) is 7.09. The number of hydrogen-bond donors (Lipinski definition) is 1. The van der Waals surface area contributed by atoms with Gasteiger partial charge in [0.05, 0.1) is 45.2 Å². The van der Waals surface area contributed by atoms with Crippen LogP contribution in [-0.4, -0.2) is 55.7 Å². The molecule has 1 atom stereocenters. The Hall–Kier alpha value is -4.38. The number of benzene rings is 2. The van der Waals surface area contributed by atoms with Gasteiger partial charge in [-0.15, -0.1) is 0 Å². The Morgan fingerprint density at radius 1 is 1.08 bits per heavy atom. The number of ether oxygens (including phenoxy) is 4. The topological polar surface area (TPSA) is 124 Å². The van der Waals surface area contributed by atoms with Gasteiger partial charge < -0.3 is 24.1 Å². The maximum atomic E-state index is 13.4. The highest BCUT2D eigenvalue weighted by atomic mass is 32.1. The van der Waals surface area contributed by atoms with Gasteiger partial charge in [-0.1, -0.05) is 29.5 Å². The maximum Gasteiger partial charge on any atom is 0.350 e. The van der Waals surface area contributed by atoms with Crippen molar-refractivity contribution in [3.63, 3.8) is 0 Å². The number of ketones is 1. The molecule has 1 N–H and O–H groups in total. The van der Waals surface area contributed by atoms with E-state index in [0.29, 0.717) is 35.1 Å². The predicted octanol–water partition coefficient (Wildman–Crippen LogP) is 4.28. The number of nitrogens with zero attached hydrogens (tertiary/aromatic N) is 2. The van der Waals surface area contributed by atoms with Crippen molar-refractivity contribution in [2.45, 2.75) is 19.9 Å². The fraction of sp³-hybridized carbons (Fsp3) is 0.259. The summed E-state index contributed by atoms with van der Waals surface area (Å²) in [7, 11) is 4.20. The highest BCUT2D eigenvalue weighted by molar-refractivity contribution is 7.17. The summed E-state index contributed by atoms with van der Waals surface area (Å²) >= 11 is 0.918. The number of methoxy groups -OCH3 is 3. The number of rotatable bonds is 8. The molecule has 1 amide bonds. The van der Waals surface area contributed by atoms with Crippen molar-refractivity contribution >= 4 is 39.9 Å². The lowest BCUT2D eigenvalue weighted by molar-refractivity contribution is -0.132. The summed E-state index contributed by atoms with van der Waals surface area (Å²) in [6.45, 7) is 3.84. The van der Waals surface area contributed by atoms with Gasteiger partial charge in [0.2, 0.25) is 0 Å². The number of carbonyl (C=O) groups is 3. The molecule has 1 fully saturated rings. The van der Waals surface area contributed by atoms with Crippen LogP contribution in [0.5, 0.6) is 17.2 Å². The lowest BCUT2D eigenvalue weighted by Crippen LogP contribution is -2.29. The van der Waals surface area contributed by atoms with E-state index in [2.05, 4.69) is 4.98 Å². The minimum atomic E-state index is -1.08. The van der Waals surface area contributed by atoms with Gasteiger partial charge in [0.15, 0.2) is 16.6 Å². The summed E-state index contributed by atoms with van der Waals surface area (Å²) in [5.74, 6) is -1.50. The zero-order chi connectivity index (χ0) is 27.6. The lowest BCUT2D eigenvalue weighted by atomic mass is 9.95. The summed E-state index contributed by atoms with van der Waals surface area (Å²) in [5.41, 5.74) is 0.939. The fourth-order valence-electron chi connectivity index (χ4n) is 4.17. The van der Waals surface area contributed by atoms with Gasteiger partial charge in [0.25, 0.3) is 5.78 Å². The number of thiazole rings is 1. The Balaban J connectivity index is 1.96. The number of aromatic nitrogens is 1. The van der Waals surface area contributed by atoms with E-state index in [1.807, 2.05) is 6.92 Å². The van der Waals surface area contributed by atoms with Crippen LogP contribution in [0, 0.1) is 6.92 Å². The van der Waals surface area contributed by atoms with Gasteiger partial charge in [-0.2, -0.15) is 0 Å². The molecule has 1 aromatic heterocycles. The smallest absolute Gasteiger partial charge is 0.350 e. The average molecular weight is 539 g/mol. The summed E-state index contributed by atoms with van der Waals surface area (Å²) in [4.78, 5) is 44.9. The molecule has 11 heteroatoms. The molecule has 0 bridgehead atoms. The third-order valence-electron chi connectivity index (χ3n) is 5.95. The highest BCUT2D eigenvalue weighted by Crippen LogP contribution is 2.45. The number of carbonyl (C=O) groups excluding carboxylic acids is 3. The molecule has 2 heterocycles. The van der Waals surface area contributed by atoms with E-state index < -0.39 is 23.7 Å². The molecule has 3 aromatic rings. The molecule has 0 aliphatic carbocycles. The Kier molecular flexibility index (Phi) is 7.67. The van der Waals surface area contributed by atoms with E-state index >= 15 is 0 Å². The number of esters is 1. The predicted molar refractivity (Wildman–Crippen MR) is 140 cm³/mol. The van der Waals surface area contributed by atoms with E-state index in [1.54, 1.807) is 49.4 Å². The molecule has 1 aliphatic rings. The van der Waals surface area contributed by atoms with Gasteiger partial charge in [-0.3, -0.25) is 14.5 Å². The molecule has 1 aliphatic heterocycles. The molecule has 0 spiro atoms. The number of aliphatic hydroxyl groups excluding tert-OH is 1. The van der Waals surface area contributed by atoms with Crippen LogP contribution >= 0.6 is 11.3 Å². The van der Waals surface area contributed by atoms with E-state index in [9.17, 15) is 19.5 Å².